The van der Waals surface area contributed by atoms with Crippen molar-refractivity contribution in [1.82, 2.24) is 10.6 Å². The fourth-order valence-electron chi connectivity index (χ4n) is 3.45. The van der Waals surface area contributed by atoms with Gasteiger partial charge in [-0.1, -0.05) is 25.7 Å². The Morgan fingerprint density at radius 1 is 1.24 bits per heavy atom. The highest BCUT2D eigenvalue weighted by molar-refractivity contribution is 7.92. The Morgan fingerprint density at radius 2 is 1.81 bits per heavy atom. The molecule has 0 atom stereocenters. The molecular weight excluding hydrogens is 312 g/mol. The van der Waals surface area contributed by atoms with Crippen molar-refractivity contribution < 1.29 is 13.2 Å². The number of hydrogen-bond donors (Lipinski definition) is 2. The van der Waals surface area contributed by atoms with Crippen molar-refractivity contribution >= 4 is 28.2 Å². The number of hydrogen-bond acceptors (Lipinski definition) is 4. The maximum atomic E-state index is 12.4. The summed E-state index contributed by atoms with van der Waals surface area (Å²) in [6.45, 7) is 1.78. The summed E-state index contributed by atoms with van der Waals surface area (Å²) in [5.41, 5.74) is 0. The molecule has 2 N–H and O–H groups in total. The van der Waals surface area contributed by atoms with Gasteiger partial charge in [0.15, 0.2) is 14.6 Å². The summed E-state index contributed by atoms with van der Waals surface area (Å²) in [6.07, 6.45) is 7.99. The number of piperidine rings is 1. The van der Waals surface area contributed by atoms with E-state index in [1.807, 2.05) is 0 Å². The molecule has 1 saturated heterocycles. The number of amides is 1. The number of nitrogens with one attached hydrogen (secondary N) is 2. The van der Waals surface area contributed by atoms with Crippen LogP contribution in [0.1, 0.15) is 44.9 Å². The van der Waals surface area contributed by atoms with Crippen LogP contribution in [0.3, 0.4) is 0 Å². The molecule has 0 aromatic carbocycles. The summed E-state index contributed by atoms with van der Waals surface area (Å²) in [5.74, 6) is 0.414. The molecule has 1 saturated carbocycles. The van der Waals surface area contributed by atoms with E-state index >= 15 is 0 Å². The molecule has 2 rings (SSSR count). The molecule has 0 radical (unpaired) electrons. The van der Waals surface area contributed by atoms with E-state index in [0.717, 1.165) is 6.42 Å². The van der Waals surface area contributed by atoms with Gasteiger partial charge >= 0.3 is 0 Å². The zero-order chi connectivity index (χ0) is 14.6. The molecule has 0 unspecified atom stereocenters. The van der Waals surface area contributed by atoms with Crippen LogP contribution >= 0.6 is 12.4 Å². The molecule has 1 amide bonds. The fraction of sp³-hybridized carbons (Fsp3) is 0.929. The first-order valence-electron chi connectivity index (χ1n) is 7.64. The van der Waals surface area contributed by atoms with Crippen LogP contribution in [0, 0.1) is 5.92 Å². The van der Waals surface area contributed by atoms with Gasteiger partial charge in [-0.25, -0.2) is 8.42 Å². The lowest BCUT2D eigenvalue weighted by atomic mass is 9.95. The monoisotopic (exact) mass is 338 g/mol. The van der Waals surface area contributed by atoms with Gasteiger partial charge in [0.1, 0.15) is 0 Å². The first kappa shape index (κ1) is 18.7. The average molecular weight is 339 g/mol. The van der Waals surface area contributed by atoms with E-state index in [4.69, 9.17) is 0 Å². The molecule has 7 heteroatoms. The average Bonchev–Trinajstić information content (AvgIpc) is 2.91. The topological polar surface area (TPSA) is 75.3 Å². The van der Waals surface area contributed by atoms with Crippen molar-refractivity contribution in [2.75, 3.05) is 25.9 Å². The lowest BCUT2D eigenvalue weighted by Crippen LogP contribution is -2.57. The van der Waals surface area contributed by atoms with Crippen LogP contribution in [0.5, 0.6) is 0 Å². The molecule has 2 fully saturated rings. The molecule has 1 aliphatic carbocycles. The van der Waals surface area contributed by atoms with E-state index in [1.54, 1.807) is 0 Å². The van der Waals surface area contributed by atoms with Crippen molar-refractivity contribution in [3.05, 3.63) is 0 Å². The maximum absolute atomic E-state index is 12.4. The van der Waals surface area contributed by atoms with Crippen LogP contribution < -0.4 is 10.6 Å². The van der Waals surface area contributed by atoms with Gasteiger partial charge in [0.05, 0.1) is 0 Å². The second kappa shape index (κ2) is 7.79. The van der Waals surface area contributed by atoms with Gasteiger partial charge in [-0.2, -0.15) is 0 Å². The third-order valence-corrected chi connectivity index (χ3v) is 6.86. The summed E-state index contributed by atoms with van der Waals surface area (Å²) in [7, 11) is -3.39. The molecule has 21 heavy (non-hydrogen) atoms. The number of sulfone groups is 1. The van der Waals surface area contributed by atoms with Crippen molar-refractivity contribution in [2.45, 2.75) is 49.7 Å². The number of rotatable bonds is 5. The quantitative estimate of drug-likeness (QED) is 0.791. The minimum Gasteiger partial charge on any atom is -0.355 e. The van der Waals surface area contributed by atoms with Gasteiger partial charge < -0.3 is 10.6 Å². The lowest BCUT2D eigenvalue weighted by molar-refractivity contribution is -0.124. The Balaban J connectivity index is 0.00000220. The molecule has 0 aromatic heterocycles. The van der Waals surface area contributed by atoms with Crippen LogP contribution in [0.25, 0.3) is 0 Å². The Kier molecular flexibility index (Phi) is 6.94. The molecule has 124 valence electrons. The van der Waals surface area contributed by atoms with Gasteiger partial charge in [-0.05, 0) is 38.3 Å². The lowest BCUT2D eigenvalue weighted by Gasteiger charge is -2.34. The predicted octanol–water partition coefficient (Wildman–Crippen LogP) is 1.27. The Morgan fingerprint density at radius 3 is 2.33 bits per heavy atom. The third kappa shape index (κ3) is 4.33. The smallest absolute Gasteiger partial charge is 0.241 e. The van der Waals surface area contributed by atoms with Crippen molar-refractivity contribution in [3.63, 3.8) is 0 Å². The van der Waals surface area contributed by atoms with Gasteiger partial charge in [-0.3, -0.25) is 4.79 Å². The summed E-state index contributed by atoms with van der Waals surface area (Å²) in [6, 6.07) is 0. The maximum Gasteiger partial charge on any atom is 0.241 e. The molecule has 2 aliphatic rings. The van der Waals surface area contributed by atoms with E-state index in [9.17, 15) is 13.2 Å². The fourth-order valence-corrected chi connectivity index (χ4v) is 4.80. The Bertz CT molecular complexity index is 441. The SMILES string of the molecule is CS(=O)(=O)C1(C(=O)NCCC2CCCC2)CCNCC1.Cl. The van der Waals surface area contributed by atoms with Crippen molar-refractivity contribution in [3.8, 4) is 0 Å². The molecule has 0 spiro atoms. The Hall–Kier alpha value is -0.330. The highest BCUT2D eigenvalue weighted by Crippen LogP contribution is 2.29. The number of carbonyl (C=O) groups excluding carboxylic acids is 1. The number of halogens is 1. The van der Waals surface area contributed by atoms with Crippen LogP contribution in [0.4, 0.5) is 0 Å². The standard InChI is InChI=1S/C14H26N2O3S.ClH/c1-20(18,19)14(7-10-15-11-8-14)13(17)16-9-6-12-4-2-3-5-12;/h12,15H,2-11H2,1H3,(H,16,17);1H. The van der Waals surface area contributed by atoms with E-state index in [2.05, 4.69) is 10.6 Å². The summed E-state index contributed by atoms with van der Waals surface area (Å²) in [4.78, 5) is 12.4. The number of carbonyl (C=O) groups is 1. The van der Waals surface area contributed by atoms with E-state index in [-0.39, 0.29) is 18.3 Å². The largest absolute Gasteiger partial charge is 0.355 e. The molecule has 1 aliphatic heterocycles. The summed E-state index contributed by atoms with van der Waals surface area (Å²) < 4.78 is 22.9. The second-order valence-electron chi connectivity index (χ2n) is 6.21. The minimum absolute atomic E-state index is 0. The Labute approximate surface area is 134 Å². The zero-order valence-corrected chi connectivity index (χ0v) is 14.3. The zero-order valence-electron chi connectivity index (χ0n) is 12.7. The van der Waals surface area contributed by atoms with Crippen LogP contribution in [-0.4, -0.2) is 45.0 Å². The molecular formula is C14H27ClN2O3S. The van der Waals surface area contributed by atoms with Gasteiger partial charge in [0, 0.05) is 12.8 Å². The van der Waals surface area contributed by atoms with Gasteiger partial charge in [0.2, 0.25) is 5.91 Å². The molecule has 0 bridgehead atoms. The van der Waals surface area contributed by atoms with Crippen LogP contribution in [-0.2, 0) is 14.6 Å². The minimum atomic E-state index is -3.39. The molecule has 5 nitrogen and oxygen atoms in total. The van der Waals surface area contributed by atoms with Crippen LogP contribution in [0.2, 0.25) is 0 Å². The second-order valence-corrected chi connectivity index (χ2v) is 8.54. The van der Waals surface area contributed by atoms with E-state index in [0.29, 0.717) is 38.4 Å². The normalized spacial score (nSPS) is 22.5. The van der Waals surface area contributed by atoms with Gasteiger partial charge in [0.25, 0.3) is 0 Å². The predicted molar refractivity (Wildman–Crippen MR) is 86.5 cm³/mol. The highest BCUT2D eigenvalue weighted by atomic mass is 35.5. The third-order valence-electron chi connectivity index (χ3n) is 4.85. The molecule has 0 aromatic rings. The van der Waals surface area contributed by atoms with Crippen molar-refractivity contribution in [1.29, 1.82) is 0 Å². The molecule has 1 heterocycles. The van der Waals surface area contributed by atoms with E-state index in [1.165, 1.54) is 31.9 Å². The summed E-state index contributed by atoms with van der Waals surface area (Å²) >= 11 is 0. The van der Waals surface area contributed by atoms with Crippen LogP contribution in [0.15, 0.2) is 0 Å². The van der Waals surface area contributed by atoms with Gasteiger partial charge in [-0.15, -0.1) is 12.4 Å². The highest BCUT2D eigenvalue weighted by Gasteiger charge is 2.48. The first-order chi connectivity index (χ1) is 9.46. The van der Waals surface area contributed by atoms with Crippen molar-refractivity contribution in [2.24, 2.45) is 5.92 Å². The van der Waals surface area contributed by atoms with E-state index < -0.39 is 14.6 Å². The first-order valence-corrected chi connectivity index (χ1v) is 9.53. The summed E-state index contributed by atoms with van der Waals surface area (Å²) in [5, 5.41) is 6.00.